The van der Waals surface area contributed by atoms with Crippen molar-refractivity contribution in [1.82, 2.24) is 15.1 Å². The highest BCUT2D eigenvalue weighted by Gasteiger charge is 2.34. The molecule has 6 heteroatoms. The van der Waals surface area contributed by atoms with Gasteiger partial charge in [-0.25, -0.2) is 0 Å². The van der Waals surface area contributed by atoms with Crippen LogP contribution in [0.25, 0.3) is 11.3 Å². The van der Waals surface area contributed by atoms with Crippen LogP contribution in [-0.4, -0.2) is 59.0 Å². The van der Waals surface area contributed by atoms with E-state index in [1.54, 1.807) is 7.11 Å². The molecule has 2 aromatic rings. The molecule has 128 valence electrons. The van der Waals surface area contributed by atoms with E-state index in [1.165, 1.54) is 11.3 Å². The van der Waals surface area contributed by atoms with Gasteiger partial charge in [-0.15, -0.1) is 0 Å². The second-order valence-corrected chi connectivity index (χ2v) is 7.66. The van der Waals surface area contributed by atoms with Crippen LogP contribution in [0.5, 0.6) is 5.75 Å². The molecule has 1 aromatic heterocycles. The lowest BCUT2D eigenvalue weighted by Gasteiger charge is -2.43. The summed E-state index contributed by atoms with van der Waals surface area (Å²) in [5.41, 5.74) is 3.52. The Morgan fingerprint density at radius 1 is 1.38 bits per heavy atom. The van der Waals surface area contributed by atoms with Crippen molar-refractivity contribution in [3.63, 3.8) is 0 Å². The van der Waals surface area contributed by atoms with Gasteiger partial charge in [-0.2, -0.15) is 16.9 Å². The predicted octanol–water partition coefficient (Wildman–Crippen LogP) is 2.79. The molecule has 0 saturated carbocycles. The van der Waals surface area contributed by atoms with Gasteiger partial charge in [-0.05, 0) is 30.7 Å². The maximum Gasteiger partial charge on any atom is 0.118 e. The van der Waals surface area contributed by atoms with E-state index >= 15 is 0 Å². The zero-order valence-corrected chi connectivity index (χ0v) is 14.7. The number of H-pyrrole nitrogens is 1. The van der Waals surface area contributed by atoms with Crippen molar-refractivity contribution >= 4 is 11.8 Å². The second-order valence-electron chi connectivity index (χ2n) is 6.31. The monoisotopic (exact) mass is 345 g/mol. The van der Waals surface area contributed by atoms with Crippen LogP contribution >= 0.6 is 11.8 Å². The van der Waals surface area contributed by atoms with Gasteiger partial charge < -0.3 is 9.47 Å². The molecule has 2 atom stereocenters. The summed E-state index contributed by atoms with van der Waals surface area (Å²) in [6, 6.07) is 8.77. The summed E-state index contributed by atoms with van der Waals surface area (Å²) in [5, 5.41) is 8.09. The number of methoxy groups -OCH3 is 1. The van der Waals surface area contributed by atoms with Gasteiger partial charge in [-0.3, -0.25) is 10.00 Å². The van der Waals surface area contributed by atoms with E-state index in [1.807, 2.05) is 18.3 Å². The quantitative estimate of drug-likeness (QED) is 0.923. The summed E-state index contributed by atoms with van der Waals surface area (Å²) in [5.74, 6) is 2.05. The number of ether oxygens (including phenoxy) is 2. The Kier molecular flexibility index (Phi) is 4.78. The number of thioether (sulfide) groups is 1. The zero-order chi connectivity index (χ0) is 16.4. The first kappa shape index (κ1) is 16.0. The largest absolute Gasteiger partial charge is 0.497 e. The van der Waals surface area contributed by atoms with Crippen molar-refractivity contribution in [2.75, 3.05) is 32.6 Å². The lowest BCUT2D eigenvalue weighted by atomic mass is 10.0. The number of nitrogens with zero attached hydrogens (tertiary/aromatic N) is 2. The summed E-state index contributed by atoms with van der Waals surface area (Å²) < 4.78 is 10.9. The smallest absolute Gasteiger partial charge is 0.118 e. The molecule has 2 saturated heterocycles. The molecule has 0 amide bonds. The van der Waals surface area contributed by atoms with Gasteiger partial charge in [-0.1, -0.05) is 0 Å². The Bertz CT molecular complexity index is 671. The van der Waals surface area contributed by atoms with Crippen molar-refractivity contribution < 1.29 is 9.47 Å². The number of aromatic amines is 1. The van der Waals surface area contributed by atoms with E-state index in [9.17, 15) is 0 Å². The fourth-order valence-electron chi connectivity index (χ4n) is 3.62. The summed E-state index contributed by atoms with van der Waals surface area (Å²) in [4.78, 5) is 2.61. The van der Waals surface area contributed by atoms with Crippen LogP contribution in [0.1, 0.15) is 12.0 Å². The average molecular weight is 345 g/mol. The summed E-state index contributed by atoms with van der Waals surface area (Å²) in [6.07, 6.45) is 3.10. The van der Waals surface area contributed by atoms with E-state index in [0.29, 0.717) is 11.3 Å². The van der Waals surface area contributed by atoms with Crippen LogP contribution in [0.3, 0.4) is 0 Å². The van der Waals surface area contributed by atoms with E-state index in [0.717, 1.165) is 49.7 Å². The molecule has 2 fully saturated rings. The summed E-state index contributed by atoms with van der Waals surface area (Å²) in [7, 11) is 1.69. The molecule has 0 spiro atoms. The van der Waals surface area contributed by atoms with Gasteiger partial charge in [0.25, 0.3) is 0 Å². The number of hydrogen-bond acceptors (Lipinski definition) is 5. The van der Waals surface area contributed by atoms with Crippen LogP contribution in [0.2, 0.25) is 0 Å². The lowest BCUT2D eigenvalue weighted by Crippen LogP contribution is -2.51. The first-order valence-electron chi connectivity index (χ1n) is 8.45. The molecule has 5 nitrogen and oxygen atoms in total. The van der Waals surface area contributed by atoms with Gasteiger partial charge in [0.2, 0.25) is 0 Å². The third kappa shape index (κ3) is 3.18. The maximum atomic E-state index is 5.66. The SMILES string of the molecule is COc1ccc(-c2[nH]ncc2CN2CCS[C@H]3COCC[C@H]32)cc1. The number of benzene rings is 1. The van der Waals surface area contributed by atoms with Crippen LogP contribution in [0.4, 0.5) is 0 Å². The number of rotatable bonds is 4. The predicted molar refractivity (Wildman–Crippen MR) is 96.5 cm³/mol. The third-order valence-electron chi connectivity index (χ3n) is 4.92. The first-order valence-corrected chi connectivity index (χ1v) is 9.50. The number of fused-ring (bicyclic) bond motifs is 1. The van der Waals surface area contributed by atoms with E-state index in [4.69, 9.17) is 9.47 Å². The number of nitrogens with one attached hydrogen (secondary N) is 1. The van der Waals surface area contributed by atoms with E-state index in [2.05, 4.69) is 39.0 Å². The normalized spacial score (nSPS) is 24.5. The second kappa shape index (κ2) is 7.17. The molecule has 4 rings (SSSR count). The van der Waals surface area contributed by atoms with Crippen molar-refractivity contribution in [3.8, 4) is 17.0 Å². The van der Waals surface area contributed by atoms with Gasteiger partial charge in [0.05, 0.1) is 25.6 Å². The average Bonchev–Trinajstić information content (AvgIpc) is 3.10. The molecule has 24 heavy (non-hydrogen) atoms. The molecule has 3 heterocycles. The highest BCUT2D eigenvalue weighted by Crippen LogP contribution is 2.32. The van der Waals surface area contributed by atoms with Crippen LogP contribution in [-0.2, 0) is 11.3 Å². The molecular weight excluding hydrogens is 322 g/mol. The lowest BCUT2D eigenvalue weighted by molar-refractivity contribution is 0.0352. The van der Waals surface area contributed by atoms with Crippen molar-refractivity contribution in [2.45, 2.75) is 24.3 Å². The maximum absolute atomic E-state index is 5.66. The molecule has 0 radical (unpaired) electrons. The van der Waals surface area contributed by atoms with Crippen LogP contribution in [0, 0.1) is 0 Å². The molecule has 0 unspecified atom stereocenters. The Labute approximate surface area is 146 Å². The molecule has 0 bridgehead atoms. The van der Waals surface area contributed by atoms with Gasteiger partial charge in [0.1, 0.15) is 5.75 Å². The Balaban J connectivity index is 1.53. The summed E-state index contributed by atoms with van der Waals surface area (Å²) in [6.45, 7) is 3.86. The first-order chi connectivity index (χ1) is 11.8. The standard InChI is InChI=1S/C18H23N3O2S/c1-22-15-4-2-13(3-5-15)18-14(10-19-20-18)11-21-7-9-24-17-12-23-8-6-16(17)21/h2-5,10,16-17H,6-9,11-12H2,1H3,(H,19,20)/t16-,17+/m1/s1. The summed E-state index contributed by atoms with van der Waals surface area (Å²) >= 11 is 2.06. The minimum absolute atomic E-state index is 0.615. The molecule has 1 aromatic carbocycles. The number of hydrogen-bond donors (Lipinski definition) is 1. The molecular formula is C18H23N3O2S. The van der Waals surface area contributed by atoms with Gasteiger partial charge in [0, 0.05) is 47.9 Å². The Hall–Kier alpha value is -1.50. The van der Waals surface area contributed by atoms with Crippen molar-refractivity contribution in [3.05, 3.63) is 36.0 Å². The molecule has 2 aliphatic rings. The van der Waals surface area contributed by atoms with Crippen molar-refractivity contribution in [2.24, 2.45) is 0 Å². The van der Waals surface area contributed by atoms with E-state index < -0.39 is 0 Å². The topological polar surface area (TPSA) is 50.4 Å². The van der Waals surface area contributed by atoms with Gasteiger partial charge in [0.15, 0.2) is 0 Å². The van der Waals surface area contributed by atoms with E-state index in [-0.39, 0.29) is 0 Å². The number of aromatic nitrogens is 2. The van der Waals surface area contributed by atoms with Crippen LogP contribution < -0.4 is 4.74 Å². The molecule has 2 aliphatic heterocycles. The zero-order valence-electron chi connectivity index (χ0n) is 13.9. The molecule has 1 N–H and O–H groups in total. The minimum atomic E-state index is 0.615. The fourth-order valence-corrected chi connectivity index (χ4v) is 4.98. The molecule has 0 aliphatic carbocycles. The van der Waals surface area contributed by atoms with Gasteiger partial charge >= 0.3 is 0 Å². The van der Waals surface area contributed by atoms with Crippen LogP contribution in [0.15, 0.2) is 30.5 Å². The highest BCUT2D eigenvalue weighted by atomic mass is 32.2. The Morgan fingerprint density at radius 3 is 3.08 bits per heavy atom. The third-order valence-corrected chi connectivity index (χ3v) is 6.22. The Morgan fingerprint density at radius 2 is 2.25 bits per heavy atom. The highest BCUT2D eigenvalue weighted by molar-refractivity contribution is 8.00. The minimum Gasteiger partial charge on any atom is -0.497 e. The van der Waals surface area contributed by atoms with Crippen molar-refractivity contribution in [1.29, 1.82) is 0 Å². The fraction of sp³-hybridized carbons (Fsp3) is 0.500.